The lowest BCUT2D eigenvalue weighted by Crippen LogP contribution is -2.59. The molecule has 1 saturated heterocycles. The molecule has 2 atom stereocenters. The molecule has 0 aliphatic carbocycles. The highest BCUT2D eigenvalue weighted by atomic mass is 19.4. The van der Waals surface area contributed by atoms with Gasteiger partial charge in [0.05, 0.1) is 13.7 Å². The molecule has 1 N–H and O–H groups in total. The van der Waals surface area contributed by atoms with Crippen LogP contribution in [0.25, 0.3) is 0 Å². The second-order valence-corrected chi connectivity index (χ2v) is 4.18. The van der Waals surface area contributed by atoms with Crippen molar-refractivity contribution in [2.75, 3.05) is 13.7 Å². The molecule has 0 unspecified atom stereocenters. The van der Waals surface area contributed by atoms with Crippen molar-refractivity contribution in [2.45, 2.75) is 17.4 Å². The van der Waals surface area contributed by atoms with E-state index in [0.717, 1.165) is 17.9 Å². The van der Waals surface area contributed by atoms with E-state index in [0.29, 0.717) is 0 Å². The van der Waals surface area contributed by atoms with Gasteiger partial charge in [-0.05, 0) is 0 Å². The number of ether oxygens (including phenoxy) is 2. The number of nitrogens with zero attached hydrogens (tertiary/aromatic N) is 2. The molecule has 0 aromatic carbocycles. The zero-order valence-electron chi connectivity index (χ0n) is 10.1. The maximum Gasteiger partial charge on any atom is 0.428 e. The van der Waals surface area contributed by atoms with Gasteiger partial charge in [0, 0.05) is 19.4 Å². The van der Waals surface area contributed by atoms with Crippen LogP contribution in [0.3, 0.4) is 0 Å². The average Bonchev–Trinajstić information content (AvgIpc) is 3.03. The van der Waals surface area contributed by atoms with Crippen molar-refractivity contribution in [1.29, 1.82) is 0 Å². The minimum Gasteiger partial charge on any atom is -0.467 e. The number of hydrogen-bond donors (Lipinski definition) is 1. The fourth-order valence-electron chi connectivity index (χ4n) is 1.96. The first-order chi connectivity index (χ1) is 8.70. The van der Waals surface area contributed by atoms with Crippen LogP contribution in [0.1, 0.15) is 5.82 Å². The van der Waals surface area contributed by atoms with E-state index in [1.54, 1.807) is 0 Å². The van der Waals surface area contributed by atoms with Gasteiger partial charge in [0.2, 0.25) is 5.60 Å². The number of methoxy groups -OCH3 is 1. The Balaban J connectivity index is 2.62. The molecule has 1 aliphatic heterocycles. The summed E-state index contributed by atoms with van der Waals surface area (Å²) in [7, 11) is 2.19. The Kier molecular flexibility index (Phi) is 2.86. The molecule has 106 valence electrons. The molecule has 9 heteroatoms. The number of esters is 1. The van der Waals surface area contributed by atoms with Crippen LogP contribution in [0.15, 0.2) is 12.4 Å². The van der Waals surface area contributed by atoms with Crippen molar-refractivity contribution >= 4 is 5.97 Å². The monoisotopic (exact) mass is 280 g/mol. The zero-order chi connectivity index (χ0) is 14.5. The maximum atomic E-state index is 13.3. The Hall–Kier alpha value is -1.61. The van der Waals surface area contributed by atoms with E-state index in [1.165, 1.54) is 13.2 Å². The molecule has 0 bridgehead atoms. The molecule has 0 saturated carbocycles. The van der Waals surface area contributed by atoms with Gasteiger partial charge in [0.1, 0.15) is 0 Å². The van der Waals surface area contributed by atoms with Gasteiger partial charge in [0.25, 0.3) is 5.60 Å². The van der Waals surface area contributed by atoms with E-state index in [4.69, 9.17) is 0 Å². The predicted molar refractivity (Wildman–Crippen MR) is 53.9 cm³/mol. The normalized spacial score (nSPS) is 25.8. The van der Waals surface area contributed by atoms with Crippen LogP contribution in [0.2, 0.25) is 0 Å². The van der Waals surface area contributed by atoms with Crippen molar-refractivity contribution in [2.24, 2.45) is 7.05 Å². The Labute approximate surface area is 105 Å². The average molecular weight is 280 g/mol. The summed E-state index contributed by atoms with van der Waals surface area (Å²) in [6.07, 6.45) is -2.85. The van der Waals surface area contributed by atoms with E-state index in [2.05, 4.69) is 14.5 Å². The standard InChI is InChI=1S/C10H11F3N2O4/c1-15-4-3-14-6(15)9(17,10(11,12)13)8(5-19-8)7(16)18-2/h3-4,17H,5H2,1-2H3/t8-,9-/m0/s1. The van der Waals surface area contributed by atoms with E-state index in [9.17, 15) is 23.1 Å². The van der Waals surface area contributed by atoms with Crippen LogP contribution >= 0.6 is 0 Å². The van der Waals surface area contributed by atoms with Crippen LogP contribution in [0.4, 0.5) is 13.2 Å². The van der Waals surface area contributed by atoms with Crippen LogP contribution in [-0.4, -0.2) is 46.1 Å². The van der Waals surface area contributed by atoms with E-state index in [1.807, 2.05) is 0 Å². The van der Waals surface area contributed by atoms with E-state index < -0.39 is 35.8 Å². The number of imidazole rings is 1. The Morgan fingerprint density at radius 2 is 2.21 bits per heavy atom. The summed E-state index contributed by atoms with van der Waals surface area (Å²) in [6.45, 7) is -0.595. The van der Waals surface area contributed by atoms with Gasteiger partial charge in [-0.1, -0.05) is 0 Å². The van der Waals surface area contributed by atoms with Gasteiger partial charge in [-0.15, -0.1) is 0 Å². The van der Waals surface area contributed by atoms with Crippen LogP contribution < -0.4 is 0 Å². The first kappa shape index (κ1) is 13.8. The number of epoxide rings is 1. The largest absolute Gasteiger partial charge is 0.467 e. The lowest BCUT2D eigenvalue weighted by molar-refractivity contribution is -0.292. The minimum absolute atomic E-state index is 0.595. The number of aromatic nitrogens is 2. The summed E-state index contributed by atoms with van der Waals surface area (Å²) in [6, 6.07) is 0. The van der Waals surface area contributed by atoms with Crippen LogP contribution in [-0.2, 0) is 26.9 Å². The van der Waals surface area contributed by atoms with Crippen molar-refractivity contribution in [3.05, 3.63) is 18.2 Å². The highest BCUT2D eigenvalue weighted by molar-refractivity contribution is 5.84. The summed E-state index contributed by atoms with van der Waals surface area (Å²) in [5.41, 5.74) is -6.07. The number of rotatable bonds is 3. The first-order valence-corrected chi connectivity index (χ1v) is 5.20. The molecule has 2 rings (SSSR count). The fourth-order valence-corrected chi connectivity index (χ4v) is 1.96. The van der Waals surface area contributed by atoms with Crippen molar-refractivity contribution in [3.63, 3.8) is 0 Å². The molecule has 1 aliphatic rings. The lowest BCUT2D eigenvalue weighted by atomic mass is 9.85. The Morgan fingerprint density at radius 3 is 2.53 bits per heavy atom. The molecule has 1 fully saturated rings. The van der Waals surface area contributed by atoms with E-state index in [-0.39, 0.29) is 0 Å². The van der Waals surface area contributed by atoms with Gasteiger partial charge in [-0.2, -0.15) is 13.2 Å². The Bertz CT molecular complexity index is 509. The summed E-state index contributed by atoms with van der Waals surface area (Å²) in [5.74, 6) is -2.03. The third-order valence-electron chi connectivity index (χ3n) is 3.09. The number of aliphatic hydroxyl groups is 1. The van der Waals surface area contributed by atoms with E-state index >= 15 is 0 Å². The van der Waals surface area contributed by atoms with Crippen molar-refractivity contribution in [3.8, 4) is 0 Å². The van der Waals surface area contributed by atoms with Gasteiger partial charge in [-0.25, -0.2) is 9.78 Å². The zero-order valence-corrected chi connectivity index (χ0v) is 10.1. The minimum atomic E-state index is -5.16. The summed E-state index contributed by atoms with van der Waals surface area (Å²) < 4.78 is 49.8. The second kappa shape index (κ2) is 3.94. The first-order valence-electron chi connectivity index (χ1n) is 5.20. The van der Waals surface area contributed by atoms with Crippen LogP contribution in [0.5, 0.6) is 0 Å². The second-order valence-electron chi connectivity index (χ2n) is 4.18. The fraction of sp³-hybridized carbons (Fsp3) is 0.600. The van der Waals surface area contributed by atoms with Crippen LogP contribution in [0, 0.1) is 0 Å². The van der Waals surface area contributed by atoms with Gasteiger partial charge >= 0.3 is 12.1 Å². The highest BCUT2D eigenvalue weighted by Gasteiger charge is 2.80. The summed E-state index contributed by atoms with van der Waals surface area (Å²) in [5, 5.41) is 10.1. The van der Waals surface area contributed by atoms with Gasteiger partial charge in [-0.3, -0.25) is 0 Å². The topological polar surface area (TPSA) is 76.9 Å². The SMILES string of the molecule is COC(=O)[C@]1([C@@](O)(c2nccn2C)C(F)(F)F)CO1. The molecule has 0 spiro atoms. The number of halogens is 3. The number of carbonyl (C=O) groups excluding carboxylic acids is 1. The van der Waals surface area contributed by atoms with Crippen molar-refractivity contribution in [1.82, 2.24) is 9.55 Å². The van der Waals surface area contributed by atoms with Gasteiger partial charge in [0.15, 0.2) is 5.82 Å². The molecular formula is C10H11F3N2O4. The summed E-state index contributed by atoms with van der Waals surface area (Å²) in [4.78, 5) is 15.0. The molecule has 0 amide bonds. The molecular weight excluding hydrogens is 269 g/mol. The molecule has 2 heterocycles. The molecule has 1 aromatic heterocycles. The third kappa shape index (κ3) is 1.65. The lowest BCUT2D eigenvalue weighted by Gasteiger charge is -2.33. The quantitative estimate of drug-likeness (QED) is 0.628. The summed E-state index contributed by atoms with van der Waals surface area (Å²) >= 11 is 0. The number of carbonyl (C=O) groups is 1. The highest BCUT2D eigenvalue weighted by Crippen LogP contribution is 2.53. The third-order valence-corrected chi connectivity index (χ3v) is 3.09. The molecule has 1 aromatic rings. The smallest absolute Gasteiger partial charge is 0.428 e. The predicted octanol–water partition coefficient (Wildman–Crippen LogP) is 0.112. The molecule has 19 heavy (non-hydrogen) atoms. The number of aryl methyl sites for hydroxylation is 1. The van der Waals surface area contributed by atoms with Crippen molar-refractivity contribution < 1.29 is 32.5 Å². The molecule has 6 nitrogen and oxygen atoms in total. The Morgan fingerprint density at radius 1 is 1.63 bits per heavy atom. The number of hydrogen-bond acceptors (Lipinski definition) is 5. The maximum absolute atomic E-state index is 13.3. The molecule has 0 radical (unpaired) electrons. The number of alkyl halides is 3. The van der Waals surface area contributed by atoms with Gasteiger partial charge < -0.3 is 19.1 Å².